The van der Waals surface area contributed by atoms with Crippen molar-refractivity contribution in [1.29, 1.82) is 0 Å². The minimum atomic E-state index is 0.285. The van der Waals surface area contributed by atoms with Crippen molar-refractivity contribution >= 4 is 82.7 Å². The highest BCUT2D eigenvalue weighted by Crippen LogP contribution is 2.49. The number of para-hydroxylation sites is 1. The van der Waals surface area contributed by atoms with Gasteiger partial charge in [-0.15, -0.1) is 0 Å². The highest BCUT2D eigenvalue weighted by atomic mass is 15.0. The largest absolute Gasteiger partial charge is 0.316 e. The second-order valence-electron chi connectivity index (χ2n) is 17.3. The quantitative estimate of drug-likeness (QED) is 0.167. The molecular formula is C58H43N3. The summed E-state index contributed by atoms with van der Waals surface area (Å²) >= 11 is 0. The lowest BCUT2D eigenvalue weighted by Gasteiger charge is -2.32. The molecule has 290 valence electrons. The Bertz CT molecular complexity index is 3450. The molecular weight excluding hydrogens is 739 g/mol. The molecule has 0 bridgehead atoms. The molecule has 3 nitrogen and oxygen atoms in total. The van der Waals surface area contributed by atoms with E-state index in [4.69, 9.17) is 9.97 Å². The van der Waals surface area contributed by atoms with Crippen LogP contribution in [0.5, 0.6) is 0 Å². The number of rotatable bonds is 4. The second kappa shape index (κ2) is 13.7. The van der Waals surface area contributed by atoms with Crippen molar-refractivity contribution in [1.82, 2.24) is 14.5 Å². The van der Waals surface area contributed by atoms with Gasteiger partial charge in [0.1, 0.15) is 0 Å². The lowest BCUT2D eigenvalue weighted by atomic mass is 9.72. The molecule has 0 spiro atoms. The monoisotopic (exact) mass is 781 g/mol. The molecule has 13 rings (SSSR count). The molecule has 8 aromatic rings. The van der Waals surface area contributed by atoms with Crippen molar-refractivity contribution in [2.24, 2.45) is 11.8 Å². The summed E-state index contributed by atoms with van der Waals surface area (Å²) in [5, 5.41) is 8.79. The first kappa shape index (κ1) is 34.7. The molecule has 2 atom stereocenters. The van der Waals surface area contributed by atoms with E-state index in [0.717, 1.165) is 54.9 Å². The Morgan fingerprint density at radius 3 is 2.20 bits per heavy atom. The van der Waals surface area contributed by atoms with Gasteiger partial charge in [-0.05, 0) is 123 Å². The minimum Gasteiger partial charge on any atom is -0.316 e. The molecule has 2 aromatic heterocycles. The zero-order valence-corrected chi connectivity index (χ0v) is 34.0. The zero-order valence-electron chi connectivity index (χ0n) is 34.0. The van der Waals surface area contributed by atoms with E-state index in [1.165, 1.54) is 99.3 Å². The van der Waals surface area contributed by atoms with Crippen LogP contribution < -0.4 is 0 Å². The Morgan fingerprint density at radius 1 is 0.557 bits per heavy atom. The van der Waals surface area contributed by atoms with Gasteiger partial charge in [-0.25, -0.2) is 0 Å². The Labute approximate surface area is 355 Å². The number of hydrogen-bond donors (Lipinski definition) is 0. The highest BCUT2D eigenvalue weighted by Gasteiger charge is 2.32. The molecule has 5 aliphatic rings. The Morgan fingerprint density at radius 2 is 1.30 bits per heavy atom. The summed E-state index contributed by atoms with van der Waals surface area (Å²) in [4.78, 5) is 9.71. The molecule has 3 heteroatoms. The van der Waals surface area contributed by atoms with E-state index in [-0.39, 0.29) is 5.92 Å². The van der Waals surface area contributed by atoms with Crippen LogP contribution in [0.3, 0.4) is 0 Å². The average Bonchev–Trinajstić information content (AvgIpc) is 3.67. The van der Waals surface area contributed by atoms with Crippen LogP contribution in [0.1, 0.15) is 60.1 Å². The number of nitrogens with zero attached hydrogens (tertiary/aromatic N) is 3. The lowest BCUT2D eigenvalue weighted by Crippen LogP contribution is -2.18. The third-order valence-corrected chi connectivity index (χ3v) is 14.2. The lowest BCUT2D eigenvalue weighted by molar-refractivity contribution is 0.630. The first-order valence-corrected chi connectivity index (χ1v) is 22.1. The van der Waals surface area contributed by atoms with Crippen molar-refractivity contribution in [2.75, 3.05) is 0 Å². The molecule has 0 saturated heterocycles. The smallest absolute Gasteiger partial charge is 0.0971 e. The van der Waals surface area contributed by atoms with Gasteiger partial charge in [-0.2, -0.15) is 0 Å². The molecule has 0 amide bonds. The number of hydrogen-bond acceptors (Lipinski definition) is 2. The summed E-state index contributed by atoms with van der Waals surface area (Å²) in [6.07, 6.45) is 33.8. The predicted molar refractivity (Wildman–Crippen MR) is 257 cm³/mol. The Balaban J connectivity index is 0.905. The van der Waals surface area contributed by atoms with E-state index in [1.54, 1.807) is 0 Å². The van der Waals surface area contributed by atoms with Crippen molar-refractivity contribution in [2.45, 2.75) is 38.5 Å². The number of aromatic nitrogens is 3. The van der Waals surface area contributed by atoms with Gasteiger partial charge in [-0.1, -0.05) is 146 Å². The second-order valence-corrected chi connectivity index (χ2v) is 17.3. The Kier molecular flexibility index (Phi) is 7.81. The third-order valence-electron chi connectivity index (χ3n) is 14.2. The summed E-state index contributed by atoms with van der Waals surface area (Å²) < 4.78 is 2.60. The maximum Gasteiger partial charge on any atom is 0.0971 e. The first-order valence-electron chi connectivity index (χ1n) is 22.1. The van der Waals surface area contributed by atoms with Crippen molar-refractivity contribution in [3.05, 3.63) is 209 Å². The number of fused-ring (bicyclic) bond motifs is 12. The molecule has 6 aromatic carbocycles. The summed E-state index contributed by atoms with van der Waals surface area (Å²) in [5.41, 5.74) is 18.5. The summed E-state index contributed by atoms with van der Waals surface area (Å²) in [7, 11) is 0. The van der Waals surface area contributed by atoms with E-state index in [1.807, 2.05) is 12.4 Å². The first-order chi connectivity index (χ1) is 30.3. The number of benzene rings is 6. The van der Waals surface area contributed by atoms with Crippen LogP contribution in [0.25, 0.3) is 82.7 Å². The van der Waals surface area contributed by atoms with Crippen molar-refractivity contribution < 1.29 is 0 Å². The third kappa shape index (κ3) is 5.23. The van der Waals surface area contributed by atoms with Crippen LogP contribution in [0.4, 0.5) is 0 Å². The van der Waals surface area contributed by atoms with Gasteiger partial charge < -0.3 is 4.57 Å². The SMILES string of the molecule is C1=CC2=C(c3ccc4c5ccccc5c5nccnc5c4c3)CCCC2C(c2cccc3c(C4=C5C=CC=C(n6c7c(c8ccccc86)C=CCC7)C5CC=C4)cccc23)=C1. The van der Waals surface area contributed by atoms with Gasteiger partial charge in [0.15, 0.2) is 0 Å². The Hall–Kier alpha value is -7.10. The van der Waals surface area contributed by atoms with E-state index >= 15 is 0 Å². The fraction of sp³-hybridized carbons (Fsp3) is 0.138. The van der Waals surface area contributed by atoms with Crippen LogP contribution in [0.2, 0.25) is 0 Å². The molecule has 2 unspecified atom stereocenters. The van der Waals surface area contributed by atoms with Gasteiger partial charge >= 0.3 is 0 Å². The molecule has 0 fully saturated rings. The summed E-state index contributed by atoms with van der Waals surface area (Å²) in [5.74, 6) is 0.617. The highest BCUT2D eigenvalue weighted by molar-refractivity contribution is 6.23. The molecule has 5 aliphatic carbocycles. The zero-order chi connectivity index (χ0) is 40.0. The molecule has 0 saturated carbocycles. The molecule has 0 radical (unpaired) electrons. The standard InChI is InChI=1S/C58H43N3/c1-2-16-52-47(13-1)48-32-31-36(35-53(48)58-57(52)59-33-34-60-58)37-17-7-19-39-38(37)18-8-20-40(39)41-21-9-23-43-42(41)22-10-24-44(43)45-25-11-27-49-46(45)26-12-30-56(49)61-54-28-5-3-14-50(54)51-15-4-6-29-55(51)61/h1-5,8-16,18,20-26,28,30-35,39,49H,6-7,17,19,27,29H2. The predicted octanol–water partition coefficient (Wildman–Crippen LogP) is 14.7. The van der Waals surface area contributed by atoms with E-state index in [2.05, 4.69) is 168 Å². The van der Waals surface area contributed by atoms with E-state index < -0.39 is 0 Å². The van der Waals surface area contributed by atoms with Crippen LogP contribution in [0, 0.1) is 11.8 Å². The summed E-state index contributed by atoms with van der Waals surface area (Å²) in [6.45, 7) is 0. The maximum absolute atomic E-state index is 4.89. The van der Waals surface area contributed by atoms with Crippen molar-refractivity contribution in [3.8, 4) is 0 Å². The van der Waals surface area contributed by atoms with Crippen LogP contribution in [0.15, 0.2) is 181 Å². The van der Waals surface area contributed by atoms with E-state index in [0.29, 0.717) is 5.92 Å². The average molecular weight is 782 g/mol. The minimum absolute atomic E-state index is 0.285. The van der Waals surface area contributed by atoms with Crippen LogP contribution >= 0.6 is 0 Å². The normalized spacial score (nSPS) is 19.5. The topological polar surface area (TPSA) is 30.7 Å². The van der Waals surface area contributed by atoms with Crippen molar-refractivity contribution in [3.63, 3.8) is 0 Å². The molecule has 0 aliphatic heterocycles. The fourth-order valence-electron chi connectivity index (χ4n) is 11.6. The van der Waals surface area contributed by atoms with Gasteiger partial charge in [-0.3, -0.25) is 9.97 Å². The van der Waals surface area contributed by atoms with Gasteiger partial charge in [0.2, 0.25) is 0 Å². The van der Waals surface area contributed by atoms with E-state index in [9.17, 15) is 0 Å². The van der Waals surface area contributed by atoms with Gasteiger partial charge in [0, 0.05) is 57.3 Å². The maximum atomic E-state index is 4.89. The number of allylic oxidation sites excluding steroid dienone is 15. The van der Waals surface area contributed by atoms with Crippen LogP contribution in [-0.2, 0) is 6.42 Å². The van der Waals surface area contributed by atoms with Crippen LogP contribution in [-0.4, -0.2) is 14.5 Å². The molecule has 2 heterocycles. The van der Waals surface area contributed by atoms with Gasteiger partial charge in [0.05, 0.1) is 16.6 Å². The fourth-order valence-corrected chi connectivity index (χ4v) is 11.6. The molecule has 0 N–H and O–H groups in total. The molecule has 61 heavy (non-hydrogen) atoms. The summed E-state index contributed by atoms with van der Waals surface area (Å²) in [6, 6.07) is 38.6. The van der Waals surface area contributed by atoms with Gasteiger partial charge in [0.25, 0.3) is 0 Å².